The Kier molecular flexibility index (Phi) is 12.4. The highest BCUT2D eigenvalue weighted by Crippen LogP contribution is 2.23. The van der Waals surface area contributed by atoms with E-state index < -0.39 is 0 Å². The fraction of sp³-hybridized carbons (Fsp3) is 0.667. The second-order valence-electron chi connectivity index (χ2n) is 7.73. The van der Waals surface area contributed by atoms with E-state index in [0.29, 0.717) is 5.92 Å². The van der Waals surface area contributed by atoms with Crippen molar-refractivity contribution in [3.63, 3.8) is 0 Å². The first-order valence-electron chi connectivity index (χ1n) is 9.87. The van der Waals surface area contributed by atoms with Crippen LogP contribution in [0.4, 0.5) is 0 Å². The zero-order chi connectivity index (χ0) is 19.5. The summed E-state index contributed by atoms with van der Waals surface area (Å²) in [6.07, 6.45) is 3.21. The molecule has 0 atom stereocenters. The van der Waals surface area contributed by atoms with E-state index in [-0.39, 0.29) is 29.4 Å². The largest absolute Gasteiger partial charge is 0.381 e. The van der Waals surface area contributed by atoms with E-state index in [1.54, 1.807) is 7.05 Å². The smallest absolute Gasteiger partial charge is 0.191 e. The number of rotatable bonds is 9. The van der Waals surface area contributed by atoms with Crippen LogP contribution in [0, 0.1) is 5.92 Å². The van der Waals surface area contributed by atoms with E-state index in [0.717, 1.165) is 69.8 Å². The highest BCUT2D eigenvalue weighted by atomic mass is 127. The van der Waals surface area contributed by atoms with Gasteiger partial charge in [-0.15, -0.1) is 24.0 Å². The van der Waals surface area contributed by atoms with Gasteiger partial charge in [0.15, 0.2) is 5.96 Å². The zero-order valence-electron chi connectivity index (χ0n) is 17.3. The minimum absolute atomic E-state index is 0. The number of benzene rings is 1. The maximum absolute atomic E-state index is 5.99. The molecule has 160 valence electrons. The SMILES string of the molecule is CN=C(NCCCOCC1CCOCC1)NCC(C)(C)c1ccc(Cl)cc1.I. The Hall–Kier alpha value is -0.570. The van der Waals surface area contributed by atoms with Crippen LogP contribution in [0.3, 0.4) is 0 Å². The molecule has 0 aliphatic carbocycles. The molecule has 1 aromatic rings. The molecule has 0 unspecified atom stereocenters. The zero-order valence-corrected chi connectivity index (χ0v) is 20.4. The Bertz CT molecular complexity index is 576. The average molecular weight is 524 g/mol. The summed E-state index contributed by atoms with van der Waals surface area (Å²) in [4.78, 5) is 4.31. The van der Waals surface area contributed by atoms with Gasteiger partial charge in [-0.25, -0.2) is 0 Å². The molecule has 28 heavy (non-hydrogen) atoms. The number of hydrogen-bond donors (Lipinski definition) is 2. The molecule has 7 heteroatoms. The van der Waals surface area contributed by atoms with Crippen molar-refractivity contribution in [1.29, 1.82) is 0 Å². The number of nitrogens with zero attached hydrogens (tertiary/aromatic N) is 1. The van der Waals surface area contributed by atoms with Gasteiger partial charge in [-0.1, -0.05) is 37.6 Å². The van der Waals surface area contributed by atoms with Crippen LogP contribution in [0.2, 0.25) is 5.02 Å². The fourth-order valence-corrected chi connectivity index (χ4v) is 3.20. The number of nitrogens with one attached hydrogen (secondary N) is 2. The summed E-state index contributed by atoms with van der Waals surface area (Å²) in [5.41, 5.74) is 1.23. The average Bonchev–Trinajstić information content (AvgIpc) is 2.68. The molecule has 0 aromatic heterocycles. The molecule has 1 aromatic carbocycles. The first kappa shape index (κ1) is 25.5. The van der Waals surface area contributed by atoms with Crippen molar-refractivity contribution >= 4 is 41.5 Å². The highest BCUT2D eigenvalue weighted by molar-refractivity contribution is 14.0. The lowest BCUT2D eigenvalue weighted by molar-refractivity contribution is 0.0203. The summed E-state index contributed by atoms with van der Waals surface area (Å²) in [7, 11) is 1.80. The van der Waals surface area contributed by atoms with E-state index in [4.69, 9.17) is 21.1 Å². The van der Waals surface area contributed by atoms with Crippen LogP contribution in [0.15, 0.2) is 29.3 Å². The molecule has 2 rings (SSSR count). The Morgan fingerprint density at radius 3 is 2.54 bits per heavy atom. The first-order chi connectivity index (χ1) is 13.0. The molecular weight excluding hydrogens is 489 g/mol. The number of aliphatic imine (C=N–C) groups is 1. The second-order valence-corrected chi connectivity index (χ2v) is 8.16. The fourth-order valence-electron chi connectivity index (χ4n) is 3.07. The van der Waals surface area contributed by atoms with Crippen LogP contribution >= 0.6 is 35.6 Å². The van der Waals surface area contributed by atoms with E-state index in [2.05, 4.69) is 41.6 Å². The van der Waals surface area contributed by atoms with Crippen molar-refractivity contribution in [2.24, 2.45) is 10.9 Å². The maximum atomic E-state index is 5.99. The molecule has 1 fully saturated rings. The van der Waals surface area contributed by atoms with Crippen molar-refractivity contribution in [2.45, 2.75) is 38.5 Å². The number of guanidine groups is 1. The van der Waals surface area contributed by atoms with Gasteiger partial charge in [-0.2, -0.15) is 0 Å². The summed E-state index contributed by atoms with van der Waals surface area (Å²) in [6.45, 7) is 9.43. The summed E-state index contributed by atoms with van der Waals surface area (Å²) < 4.78 is 11.2. The topological polar surface area (TPSA) is 54.9 Å². The third kappa shape index (κ3) is 9.29. The predicted octanol–water partition coefficient (Wildman–Crippen LogP) is 4.23. The normalized spacial score (nSPS) is 15.8. The van der Waals surface area contributed by atoms with Crippen molar-refractivity contribution in [2.75, 3.05) is 46.6 Å². The molecule has 5 nitrogen and oxygen atoms in total. The lowest BCUT2D eigenvalue weighted by Gasteiger charge is -2.27. The Morgan fingerprint density at radius 1 is 1.21 bits per heavy atom. The van der Waals surface area contributed by atoms with Gasteiger partial charge in [0.05, 0.1) is 0 Å². The standard InChI is InChI=1S/C21H34ClN3O2.HI/c1-21(2,18-5-7-19(22)8-6-18)16-25-20(23-3)24-11-4-12-27-15-17-9-13-26-14-10-17;/h5-8,17H,4,9-16H2,1-3H3,(H2,23,24,25);1H. The lowest BCUT2D eigenvalue weighted by Crippen LogP contribution is -2.43. The number of hydrogen-bond acceptors (Lipinski definition) is 3. The maximum Gasteiger partial charge on any atom is 0.191 e. The Balaban J connectivity index is 0.00000392. The molecule has 1 heterocycles. The molecule has 0 saturated carbocycles. The van der Waals surface area contributed by atoms with E-state index in [1.807, 2.05) is 12.1 Å². The summed E-state index contributed by atoms with van der Waals surface area (Å²) >= 11 is 5.99. The van der Waals surface area contributed by atoms with Gasteiger partial charge in [0, 0.05) is 57.0 Å². The second kappa shape index (κ2) is 13.6. The third-order valence-electron chi connectivity index (χ3n) is 5.00. The van der Waals surface area contributed by atoms with Crippen LogP contribution in [-0.2, 0) is 14.9 Å². The molecule has 0 radical (unpaired) electrons. The van der Waals surface area contributed by atoms with Crippen LogP contribution in [0.5, 0.6) is 0 Å². The lowest BCUT2D eigenvalue weighted by atomic mass is 9.85. The van der Waals surface area contributed by atoms with E-state index in [1.165, 1.54) is 5.56 Å². The van der Waals surface area contributed by atoms with E-state index in [9.17, 15) is 0 Å². The van der Waals surface area contributed by atoms with Crippen LogP contribution in [0.25, 0.3) is 0 Å². The van der Waals surface area contributed by atoms with Crippen molar-refractivity contribution < 1.29 is 9.47 Å². The first-order valence-corrected chi connectivity index (χ1v) is 10.2. The highest BCUT2D eigenvalue weighted by Gasteiger charge is 2.20. The molecule has 1 saturated heterocycles. The van der Waals surface area contributed by atoms with Gasteiger partial charge < -0.3 is 20.1 Å². The summed E-state index contributed by atoms with van der Waals surface area (Å²) in [5.74, 6) is 1.48. The van der Waals surface area contributed by atoms with Crippen molar-refractivity contribution in [1.82, 2.24) is 10.6 Å². The van der Waals surface area contributed by atoms with Crippen LogP contribution < -0.4 is 10.6 Å². The minimum Gasteiger partial charge on any atom is -0.381 e. The molecule has 0 bridgehead atoms. The predicted molar refractivity (Wildman–Crippen MR) is 128 cm³/mol. The summed E-state index contributed by atoms with van der Waals surface area (Å²) in [5, 5.41) is 7.54. The molecule has 1 aliphatic heterocycles. The minimum atomic E-state index is -0.0188. The monoisotopic (exact) mass is 523 g/mol. The van der Waals surface area contributed by atoms with Gasteiger partial charge in [-0.3, -0.25) is 4.99 Å². The molecular formula is C21H35ClIN3O2. The van der Waals surface area contributed by atoms with Gasteiger partial charge in [0.25, 0.3) is 0 Å². The van der Waals surface area contributed by atoms with Crippen LogP contribution in [0.1, 0.15) is 38.7 Å². The van der Waals surface area contributed by atoms with Gasteiger partial charge >= 0.3 is 0 Å². The van der Waals surface area contributed by atoms with Crippen molar-refractivity contribution in [3.05, 3.63) is 34.9 Å². The summed E-state index contributed by atoms with van der Waals surface area (Å²) in [6, 6.07) is 8.03. The number of halogens is 2. The quantitative estimate of drug-likeness (QED) is 0.220. The van der Waals surface area contributed by atoms with Crippen molar-refractivity contribution in [3.8, 4) is 0 Å². The van der Waals surface area contributed by atoms with Gasteiger partial charge in [-0.05, 0) is 42.9 Å². The molecule has 2 N–H and O–H groups in total. The van der Waals surface area contributed by atoms with Gasteiger partial charge in [0.2, 0.25) is 0 Å². The molecule has 0 spiro atoms. The third-order valence-corrected chi connectivity index (χ3v) is 5.25. The Labute approximate surface area is 192 Å². The van der Waals surface area contributed by atoms with E-state index >= 15 is 0 Å². The van der Waals surface area contributed by atoms with Crippen LogP contribution in [-0.4, -0.2) is 52.5 Å². The number of ether oxygens (including phenoxy) is 2. The molecule has 0 amide bonds. The Morgan fingerprint density at radius 2 is 1.89 bits per heavy atom. The molecule has 1 aliphatic rings. The van der Waals surface area contributed by atoms with Gasteiger partial charge in [0.1, 0.15) is 0 Å².